The Morgan fingerprint density at radius 3 is 2.79 bits per heavy atom. The summed E-state index contributed by atoms with van der Waals surface area (Å²) in [4.78, 5) is 17.7. The van der Waals surface area contributed by atoms with Crippen molar-refractivity contribution in [3.63, 3.8) is 0 Å². The molecule has 0 fully saturated rings. The molecule has 1 N–H and O–H groups in total. The maximum absolute atomic E-state index is 12.4. The highest BCUT2D eigenvalue weighted by Gasteiger charge is 2.29. The van der Waals surface area contributed by atoms with Crippen molar-refractivity contribution in [2.75, 3.05) is 7.11 Å². The zero-order valence-electron chi connectivity index (χ0n) is 13.7. The van der Waals surface area contributed by atoms with Crippen LogP contribution in [0.15, 0.2) is 59.8 Å². The number of carbonyl (C=O) groups excluding carboxylic acids is 1. The first-order valence-electron chi connectivity index (χ1n) is 7.90. The molecular weight excluding hydrogens is 304 g/mol. The number of nitrogens with zero attached hydrogens (tertiary/aromatic N) is 1. The molecule has 1 amide bonds. The predicted molar refractivity (Wildman–Crippen MR) is 92.0 cm³/mol. The van der Waals surface area contributed by atoms with E-state index in [0.29, 0.717) is 6.42 Å². The fourth-order valence-electron chi connectivity index (χ4n) is 2.62. The van der Waals surface area contributed by atoms with Crippen LogP contribution in [0.3, 0.4) is 0 Å². The lowest BCUT2D eigenvalue weighted by Gasteiger charge is -2.16. The van der Waals surface area contributed by atoms with Crippen LogP contribution in [-0.4, -0.2) is 24.8 Å². The summed E-state index contributed by atoms with van der Waals surface area (Å²) < 4.78 is 5.22. The molecule has 5 heteroatoms. The molecule has 0 aliphatic carbocycles. The Balaban J connectivity index is 1.61. The Labute approximate surface area is 141 Å². The van der Waals surface area contributed by atoms with E-state index in [1.54, 1.807) is 7.11 Å². The first kappa shape index (κ1) is 16.1. The summed E-state index contributed by atoms with van der Waals surface area (Å²) >= 11 is 0. The number of methoxy groups -OCH3 is 1. The Bertz CT molecular complexity index is 743. The number of amides is 1. The molecule has 0 unspecified atom stereocenters. The van der Waals surface area contributed by atoms with Crippen molar-refractivity contribution in [3.8, 4) is 5.75 Å². The lowest BCUT2D eigenvalue weighted by molar-refractivity contribution is -0.131. The van der Waals surface area contributed by atoms with Crippen molar-refractivity contribution >= 4 is 11.6 Å². The Morgan fingerprint density at radius 1 is 1.25 bits per heavy atom. The highest BCUT2D eigenvalue weighted by molar-refractivity contribution is 6.04. The Morgan fingerprint density at radius 2 is 2.04 bits per heavy atom. The molecule has 0 spiro atoms. The first-order valence-corrected chi connectivity index (χ1v) is 7.90. The summed E-state index contributed by atoms with van der Waals surface area (Å²) in [7, 11) is 1.62. The predicted octanol–water partition coefficient (Wildman–Crippen LogP) is 3.07. The lowest BCUT2D eigenvalue weighted by Crippen LogP contribution is -2.36. The maximum Gasteiger partial charge on any atom is 0.264 e. The minimum Gasteiger partial charge on any atom is -0.497 e. The monoisotopic (exact) mass is 324 g/mol. The van der Waals surface area contributed by atoms with Crippen molar-refractivity contribution in [2.24, 2.45) is 5.16 Å². The van der Waals surface area contributed by atoms with E-state index in [4.69, 9.17) is 9.57 Å². The van der Waals surface area contributed by atoms with E-state index in [2.05, 4.69) is 10.5 Å². The standard InChI is InChI=1S/C19H20N2O3/c1-13(14-7-4-3-5-8-14)20-19(22)18-12-17(21-24-18)15-9-6-10-16(11-15)23-2/h3-11,13,18H,12H2,1-2H3,(H,20,22)/t13-,18+/m1/s1. The number of hydrogen-bond donors (Lipinski definition) is 1. The van der Waals surface area contributed by atoms with E-state index in [0.717, 1.165) is 22.6 Å². The molecule has 0 bridgehead atoms. The van der Waals surface area contributed by atoms with Gasteiger partial charge in [0.1, 0.15) is 5.75 Å². The van der Waals surface area contributed by atoms with Gasteiger partial charge in [-0.3, -0.25) is 4.79 Å². The minimum absolute atomic E-state index is 0.0804. The summed E-state index contributed by atoms with van der Waals surface area (Å²) in [5.41, 5.74) is 2.71. The summed E-state index contributed by atoms with van der Waals surface area (Å²) in [6.45, 7) is 1.95. The van der Waals surface area contributed by atoms with Crippen LogP contribution in [0.25, 0.3) is 0 Å². The van der Waals surface area contributed by atoms with Crippen LogP contribution in [0.1, 0.15) is 30.5 Å². The van der Waals surface area contributed by atoms with Crippen LogP contribution in [0.4, 0.5) is 0 Å². The van der Waals surface area contributed by atoms with Gasteiger partial charge in [-0.25, -0.2) is 0 Å². The molecule has 1 aliphatic heterocycles. The van der Waals surface area contributed by atoms with Crippen LogP contribution >= 0.6 is 0 Å². The third-order valence-corrected chi connectivity index (χ3v) is 4.02. The van der Waals surface area contributed by atoms with Crippen molar-refractivity contribution in [1.82, 2.24) is 5.32 Å². The van der Waals surface area contributed by atoms with E-state index in [9.17, 15) is 4.79 Å². The van der Waals surface area contributed by atoms with Gasteiger partial charge < -0.3 is 14.9 Å². The Kier molecular flexibility index (Phi) is 4.79. The number of benzene rings is 2. The normalized spacial score (nSPS) is 17.6. The number of oxime groups is 1. The smallest absolute Gasteiger partial charge is 0.264 e. The minimum atomic E-state index is -0.600. The van der Waals surface area contributed by atoms with E-state index < -0.39 is 6.10 Å². The molecule has 5 nitrogen and oxygen atoms in total. The molecule has 0 aromatic heterocycles. The van der Waals surface area contributed by atoms with Gasteiger partial charge >= 0.3 is 0 Å². The van der Waals surface area contributed by atoms with Gasteiger partial charge in [0.15, 0.2) is 0 Å². The maximum atomic E-state index is 12.4. The van der Waals surface area contributed by atoms with Gasteiger partial charge in [-0.1, -0.05) is 47.6 Å². The summed E-state index contributed by atoms with van der Waals surface area (Å²) in [6, 6.07) is 17.3. The van der Waals surface area contributed by atoms with E-state index in [1.165, 1.54) is 0 Å². The van der Waals surface area contributed by atoms with Crippen molar-refractivity contribution in [2.45, 2.75) is 25.5 Å². The number of ether oxygens (including phenoxy) is 1. The van der Waals surface area contributed by atoms with Crippen molar-refractivity contribution < 1.29 is 14.4 Å². The van der Waals surface area contributed by atoms with Crippen LogP contribution < -0.4 is 10.1 Å². The zero-order valence-corrected chi connectivity index (χ0v) is 13.7. The van der Waals surface area contributed by atoms with Gasteiger partial charge in [-0.2, -0.15) is 0 Å². The summed E-state index contributed by atoms with van der Waals surface area (Å²) in [5, 5.41) is 7.03. The summed E-state index contributed by atoms with van der Waals surface area (Å²) in [5.74, 6) is 0.591. The number of rotatable bonds is 5. The van der Waals surface area contributed by atoms with E-state index in [1.807, 2.05) is 61.5 Å². The summed E-state index contributed by atoms with van der Waals surface area (Å²) in [6.07, 6.45) is -0.155. The molecule has 0 saturated carbocycles. The quantitative estimate of drug-likeness (QED) is 0.919. The largest absolute Gasteiger partial charge is 0.497 e. The molecule has 2 atom stereocenters. The molecule has 1 heterocycles. The highest BCUT2D eigenvalue weighted by Crippen LogP contribution is 2.21. The SMILES string of the molecule is COc1cccc(C2=NO[C@H](C(=O)N[C@H](C)c3ccccc3)C2)c1. The molecular formula is C19H20N2O3. The van der Waals surface area contributed by atoms with Gasteiger partial charge in [0.25, 0.3) is 5.91 Å². The second-order valence-electron chi connectivity index (χ2n) is 5.71. The van der Waals surface area contributed by atoms with Crippen LogP contribution in [0.5, 0.6) is 5.75 Å². The molecule has 2 aromatic rings. The van der Waals surface area contributed by atoms with Gasteiger partial charge in [0.05, 0.1) is 18.9 Å². The Hall–Kier alpha value is -2.82. The van der Waals surface area contributed by atoms with Crippen molar-refractivity contribution in [3.05, 3.63) is 65.7 Å². The van der Waals surface area contributed by atoms with Gasteiger partial charge in [-0.05, 0) is 24.6 Å². The van der Waals surface area contributed by atoms with Crippen molar-refractivity contribution in [1.29, 1.82) is 0 Å². The van der Waals surface area contributed by atoms with Crippen LogP contribution in [-0.2, 0) is 9.63 Å². The fourth-order valence-corrected chi connectivity index (χ4v) is 2.62. The molecule has 2 aromatic carbocycles. The molecule has 124 valence electrons. The highest BCUT2D eigenvalue weighted by atomic mass is 16.6. The molecule has 0 radical (unpaired) electrons. The molecule has 3 rings (SSSR count). The van der Waals surface area contributed by atoms with Gasteiger partial charge in [0.2, 0.25) is 6.10 Å². The number of carbonyl (C=O) groups is 1. The second-order valence-corrected chi connectivity index (χ2v) is 5.71. The fraction of sp³-hybridized carbons (Fsp3) is 0.263. The van der Waals surface area contributed by atoms with E-state index in [-0.39, 0.29) is 11.9 Å². The second kappa shape index (κ2) is 7.17. The van der Waals surface area contributed by atoms with E-state index >= 15 is 0 Å². The topological polar surface area (TPSA) is 59.9 Å². The molecule has 1 aliphatic rings. The zero-order chi connectivity index (χ0) is 16.9. The molecule has 0 saturated heterocycles. The average molecular weight is 324 g/mol. The average Bonchev–Trinajstić information content (AvgIpc) is 3.13. The van der Waals surface area contributed by atoms with Crippen LogP contribution in [0, 0.1) is 0 Å². The van der Waals surface area contributed by atoms with Gasteiger partial charge in [0, 0.05) is 12.0 Å². The third-order valence-electron chi connectivity index (χ3n) is 4.02. The lowest BCUT2D eigenvalue weighted by atomic mass is 10.0. The number of nitrogens with one attached hydrogen (secondary N) is 1. The third kappa shape index (κ3) is 3.56. The van der Waals surface area contributed by atoms with Gasteiger partial charge in [-0.15, -0.1) is 0 Å². The first-order chi connectivity index (χ1) is 11.7. The van der Waals surface area contributed by atoms with Crippen LogP contribution in [0.2, 0.25) is 0 Å². The molecule has 24 heavy (non-hydrogen) atoms. The number of hydrogen-bond acceptors (Lipinski definition) is 4.